The second kappa shape index (κ2) is 12.0. The number of likely N-dealkylation sites (tertiary alicyclic amines) is 1. The summed E-state index contributed by atoms with van der Waals surface area (Å²) in [6.45, 7) is 3.53. The number of hydrogen-bond acceptors (Lipinski definition) is 6. The second-order valence-corrected chi connectivity index (χ2v) is 9.90. The fourth-order valence-electron chi connectivity index (χ4n) is 4.96. The molecule has 8 nitrogen and oxygen atoms in total. The van der Waals surface area contributed by atoms with E-state index >= 15 is 0 Å². The van der Waals surface area contributed by atoms with Crippen molar-refractivity contribution in [3.63, 3.8) is 0 Å². The molecule has 2 aromatic heterocycles. The van der Waals surface area contributed by atoms with E-state index in [-0.39, 0.29) is 11.8 Å². The van der Waals surface area contributed by atoms with Crippen LogP contribution in [-0.2, 0) is 17.5 Å². The van der Waals surface area contributed by atoms with Crippen LogP contribution in [0.1, 0.15) is 49.1 Å². The number of anilines is 1. The monoisotopic (exact) mass is 564 g/mol. The fraction of sp³-hybridized carbons (Fsp3) is 0.333. The van der Waals surface area contributed by atoms with Gasteiger partial charge in [-0.3, -0.25) is 4.79 Å². The molecular weight excluding hydrogens is 533 g/mol. The number of imidazole rings is 1. The molecule has 0 saturated carbocycles. The molecule has 1 fully saturated rings. The molecule has 1 aliphatic rings. The highest BCUT2D eigenvalue weighted by Crippen LogP contribution is 2.37. The van der Waals surface area contributed by atoms with Gasteiger partial charge in [0.15, 0.2) is 0 Å². The molecule has 1 aliphatic heterocycles. The lowest BCUT2D eigenvalue weighted by Crippen LogP contribution is -2.37. The third-order valence-electron chi connectivity index (χ3n) is 7.24. The lowest BCUT2D eigenvalue weighted by Gasteiger charge is -2.31. The SMILES string of the molecule is CCC(=O)N1CCC(c2nc(-c3cccc(C(F)(F)F)c3)c(-c3ccnc(NCc4ccc(OC)cc4)n3)[nH]2)CC1. The Labute approximate surface area is 236 Å². The van der Waals surface area contributed by atoms with Crippen molar-refractivity contribution in [2.24, 2.45) is 0 Å². The molecule has 1 saturated heterocycles. The molecule has 0 bridgehead atoms. The van der Waals surface area contributed by atoms with Gasteiger partial charge in [-0.25, -0.2) is 15.0 Å². The predicted molar refractivity (Wildman–Crippen MR) is 149 cm³/mol. The smallest absolute Gasteiger partial charge is 0.416 e. The van der Waals surface area contributed by atoms with Crippen molar-refractivity contribution in [2.45, 2.75) is 44.8 Å². The van der Waals surface area contributed by atoms with E-state index in [9.17, 15) is 18.0 Å². The Kier molecular flexibility index (Phi) is 8.23. The normalized spacial score (nSPS) is 14.2. The van der Waals surface area contributed by atoms with Crippen molar-refractivity contribution in [3.8, 4) is 28.4 Å². The Bertz CT molecular complexity index is 1490. The van der Waals surface area contributed by atoms with Crippen molar-refractivity contribution in [1.82, 2.24) is 24.8 Å². The zero-order chi connectivity index (χ0) is 29.0. The number of H-pyrrole nitrogens is 1. The number of halogens is 3. The van der Waals surface area contributed by atoms with E-state index < -0.39 is 11.7 Å². The molecule has 1 amide bonds. The largest absolute Gasteiger partial charge is 0.497 e. The minimum atomic E-state index is -4.48. The number of hydrogen-bond donors (Lipinski definition) is 2. The summed E-state index contributed by atoms with van der Waals surface area (Å²) >= 11 is 0. The third-order valence-corrected chi connectivity index (χ3v) is 7.24. The molecule has 5 rings (SSSR count). The van der Waals surface area contributed by atoms with Crippen LogP contribution < -0.4 is 10.1 Å². The molecule has 11 heteroatoms. The molecule has 0 radical (unpaired) electrons. The van der Waals surface area contributed by atoms with Crippen LogP contribution in [0.3, 0.4) is 0 Å². The molecular formula is C30H31F3N6O2. The second-order valence-electron chi connectivity index (χ2n) is 9.90. The van der Waals surface area contributed by atoms with E-state index in [1.165, 1.54) is 6.07 Å². The number of ether oxygens (including phenoxy) is 1. The molecule has 2 aromatic carbocycles. The Hall–Kier alpha value is -4.41. The number of benzene rings is 2. The van der Waals surface area contributed by atoms with Crippen LogP contribution in [0.4, 0.5) is 19.1 Å². The summed E-state index contributed by atoms with van der Waals surface area (Å²) in [6, 6.07) is 14.4. The molecule has 2 N–H and O–H groups in total. The Morgan fingerprint density at radius 2 is 1.85 bits per heavy atom. The number of aromatic amines is 1. The van der Waals surface area contributed by atoms with Gasteiger partial charge in [-0.15, -0.1) is 0 Å². The van der Waals surface area contributed by atoms with Crippen LogP contribution in [0.5, 0.6) is 5.75 Å². The van der Waals surface area contributed by atoms with Gasteiger partial charge in [-0.1, -0.05) is 31.2 Å². The van der Waals surface area contributed by atoms with Gasteiger partial charge in [-0.05, 0) is 48.7 Å². The van der Waals surface area contributed by atoms with E-state index in [2.05, 4.69) is 20.3 Å². The molecule has 0 atom stereocenters. The quantitative estimate of drug-likeness (QED) is 0.261. The van der Waals surface area contributed by atoms with Crippen LogP contribution >= 0.6 is 0 Å². The van der Waals surface area contributed by atoms with Crippen molar-refractivity contribution in [1.29, 1.82) is 0 Å². The van der Waals surface area contributed by atoms with E-state index in [0.29, 0.717) is 73.3 Å². The van der Waals surface area contributed by atoms with Crippen molar-refractivity contribution in [2.75, 3.05) is 25.5 Å². The summed E-state index contributed by atoms with van der Waals surface area (Å²) in [5.74, 6) is 1.94. The van der Waals surface area contributed by atoms with E-state index in [1.807, 2.05) is 36.1 Å². The van der Waals surface area contributed by atoms with Gasteiger partial charge in [0.05, 0.1) is 29.8 Å². The number of methoxy groups -OCH3 is 1. The van der Waals surface area contributed by atoms with Crippen molar-refractivity contribution < 1.29 is 22.7 Å². The lowest BCUT2D eigenvalue weighted by atomic mass is 9.96. The van der Waals surface area contributed by atoms with Crippen LogP contribution in [0, 0.1) is 0 Å². The standard InChI is InChI=1S/C30H31F3N6O2/c1-3-25(40)39-15-12-20(13-16-39)28-37-26(21-5-4-6-22(17-21)30(31,32)33)27(38-28)24-11-14-34-29(36-24)35-18-19-7-9-23(41-2)10-8-19/h4-11,14,17,20H,3,12-13,15-16,18H2,1-2H3,(H,37,38)(H,34,35,36). The minimum absolute atomic E-state index is 0.0312. The first-order chi connectivity index (χ1) is 19.7. The van der Waals surface area contributed by atoms with Crippen LogP contribution in [0.25, 0.3) is 22.6 Å². The molecule has 41 heavy (non-hydrogen) atoms. The van der Waals surface area contributed by atoms with Gasteiger partial charge in [0.1, 0.15) is 11.6 Å². The predicted octanol–water partition coefficient (Wildman–Crippen LogP) is 6.29. The van der Waals surface area contributed by atoms with Gasteiger partial charge in [0, 0.05) is 43.7 Å². The maximum atomic E-state index is 13.6. The summed E-state index contributed by atoms with van der Waals surface area (Å²) < 4.78 is 45.9. The molecule has 0 unspecified atom stereocenters. The van der Waals surface area contributed by atoms with E-state index in [0.717, 1.165) is 23.4 Å². The average Bonchev–Trinajstić information content (AvgIpc) is 3.45. The number of carbonyl (C=O) groups excluding carboxylic acids is 1. The molecule has 4 aromatic rings. The van der Waals surface area contributed by atoms with Crippen LogP contribution in [0.15, 0.2) is 60.8 Å². The van der Waals surface area contributed by atoms with E-state index in [1.54, 1.807) is 25.4 Å². The Morgan fingerprint density at radius 1 is 1.10 bits per heavy atom. The molecule has 0 aliphatic carbocycles. The first-order valence-electron chi connectivity index (χ1n) is 13.5. The highest BCUT2D eigenvalue weighted by atomic mass is 19.4. The molecule has 0 spiro atoms. The van der Waals surface area contributed by atoms with Crippen molar-refractivity contribution in [3.05, 3.63) is 77.7 Å². The van der Waals surface area contributed by atoms with Crippen molar-refractivity contribution >= 4 is 11.9 Å². The summed E-state index contributed by atoms with van der Waals surface area (Å²) in [4.78, 5) is 31.2. The summed E-state index contributed by atoms with van der Waals surface area (Å²) in [6.07, 6.45) is -1.01. The zero-order valence-corrected chi connectivity index (χ0v) is 22.8. The summed E-state index contributed by atoms with van der Waals surface area (Å²) in [5.41, 5.74) is 1.99. The minimum Gasteiger partial charge on any atom is -0.497 e. The van der Waals surface area contributed by atoms with Crippen LogP contribution in [-0.4, -0.2) is 50.9 Å². The summed E-state index contributed by atoms with van der Waals surface area (Å²) in [5, 5.41) is 3.20. The maximum Gasteiger partial charge on any atom is 0.416 e. The number of nitrogens with one attached hydrogen (secondary N) is 2. The Morgan fingerprint density at radius 3 is 2.54 bits per heavy atom. The third kappa shape index (κ3) is 6.50. The maximum absolute atomic E-state index is 13.6. The number of nitrogens with zero attached hydrogens (tertiary/aromatic N) is 4. The lowest BCUT2D eigenvalue weighted by molar-refractivity contribution is -0.137. The van der Waals surface area contributed by atoms with Gasteiger partial charge < -0.3 is 19.9 Å². The highest BCUT2D eigenvalue weighted by molar-refractivity contribution is 5.78. The number of carbonyl (C=O) groups is 1. The number of amides is 1. The van der Waals surface area contributed by atoms with Gasteiger partial charge in [0.2, 0.25) is 11.9 Å². The zero-order valence-electron chi connectivity index (χ0n) is 22.8. The van der Waals surface area contributed by atoms with Crippen LogP contribution in [0.2, 0.25) is 0 Å². The van der Waals surface area contributed by atoms with Gasteiger partial charge in [-0.2, -0.15) is 13.2 Å². The fourth-order valence-corrected chi connectivity index (χ4v) is 4.96. The first kappa shape index (κ1) is 28.1. The topological polar surface area (TPSA) is 96.0 Å². The highest BCUT2D eigenvalue weighted by Gasteiger charge is 2.32. The molecule has 214 valence electrons. The Balaban J connectivity index is 1.46. The number of aromatic nitrogens is 4. The molecule has 3 heterocycles. The van der Waals surface area contributed by atoms with Gasteiger partial charge >= 0.3 is 6.18 Å². The number of rotatable bonds is 8. The van der Waals surface area contributed by atoms with Gasteiger partial charge in [0.25, 0.3) is 0 Å². The average molecular weight is 565 g/mol. The summed E-state index contributed by atoms with van der Waals surface area (Å²) in [7, 11) is 1.61. The number of alkyl halides is 3. The van der Waals surface area contributed by atoms with E-state index in [4.69, 9.17) is 9.72 Å². The first-order valence-corrected chi connectivity index (χ1v) is 13.5. The number of piperidine rings is 1.